The van der Waals surface area contributed by atoms with Crippen LogP contribution in [0, 0.1) is 24.1 Å². The van der Waals surface area contributed by atoms with Crippen LogP contribution in [0.25, 0.3) is 10.9 Å². The average Bonchev–Trinajstić information content (AvgIpc) is 3.21. The quantitative estimate of drug-likeness (QED) is 0.689. The number of nitriles is 1. The highest BCUT2D eigenvalue weighted by Gasteiger charge is 2.26. The summed E-state index contributed by atoms with van der Waals surface area (Å²) in [6.45, 7) is 7.31. The minimum atomic E-state index is -0.297. The minimum absolute atomic E-state index is 0.275. The van der Waals surface area contributed by atoms with Crippen molar-refractivity contribution in [3.05, 3.63) is 51.9 Å². The maximum absolute atomic E-state index is 14.1. The lowest BCUT2D eigenvalue weighted by atomic mass is 10.0. The summed E-state index contributed by atoms with van der Waals surface area (Å²) in [7, 11) is 0. The van der Waals surface area contributed by atoms with Crippen molar-refractivity contribution in [1.29, 1.82) is 5.26 Å². The van der Waals surface area contributed by atoms with Crippen LogP contribution < -0.4 is 4.90 Å². The first-order chi connectivity index (χ1) is 13.1. The van der Waals surface area contributed by atoms with E-state index in [2.05, 4.69) is 32.8 Å². The number of halogens is 1. The Kier molecular flexibility index (Phi) is 4.77. The molecule has 5 nitrogen and oxygen atoms in total. The number of nitrogens with zero attached hydrogens (tertiary/aromatic N) is 5. The molecular weight excluding hydrogens is 361 g/mol. The number of fused-ring (bicyclic) bond motifs is 1. The third-order valence-electron chi connectivity index (χ3n) is 5.21. The Labute approximate surface area is 161 Å². The fourth-order valence-corrected chi connectivity index (χ4v) is 4.50. The van der Waals surface area contributed by atoms with E-state index in [0.29, 0.717) is 10.9 Å². The van der Waals surface area contributed by atoms with Crippen molar-refractivity contribution >= 4 is 27.9 Å². The van der Waals surface area contributed by atoms with Gasteiger partial charge in [-0.3, -0.25) is 9.88 Å². The fraction of sp³-hybridized carbons (Fsp3) is 0.350. The van der Waals surface area contributed by atoms with Crippen LogP contribution in [0.5, 0.6) is 0 Å². The summed E-state index contributed by atoms with van der Waals surface area (Å²) in [5, 5.41) is 13.4. The van der Waals surface area contributed by atoms with Gasteiger partial charge in [-0.1, -0.05) is 0 Å². The van der Waals surface area contributed by atoms with E-state index in [9.17, 15) is 9.65 Å². The standard InChI is InChI=1S/C20H20FN5S/c1-13-9-16(21)10-17-18(13)24-12-15(11-22)19(17)26-6-4-25(5-7-26)14(2)20-23-3-8-27-20/h3,8-10,12,14H,4-7H2,1-2H3. The lowest BCUT2D eigenvalue weighted by molar-refractivity contribution is 0.198. The van der Waals surface area contributed by atoms with Crippen LogP contribution in [0.4, 0.5) is 10.1 Å². The van der Waals surface area contributed by atoms with Crippen molar-refractivity contribution in [3.63, 3.8) is 0 Å². The number of thiazole rings is 1. The van der Waals surface area contributed by atoms with Gasteiger partial charge in [-0.2, -0.15) is 5.26 Å². The summed E-state index contributed by atoms with van der Waals surface area (Å²) in [5.74, 6) is -0.297. The molecule has 0 N–H and O–H groups in total. The molecule has 1 atom stereocenters. The predicted molar refractivity (Wildman–Crippen MR) is 105 cm³/mol. The maximum atomic E-state index is 14.1. The van der Waals surface area contributed by atoms with Gasteiger partial charge in [0.25, 0.3) is 0 Å². The maximum Gasteiger partial charge on any atom is 0.124 e. The molecule has 1 fully saturated rings. The van der Waals surface area contributed by atoms with E-state index in [1.807, 2.05) is 18.5 Å². The predicted octanol–water partition coefficient (Wildman–Crippen LogP) is 3.89. The van der Waals surface area contributed by atoms with E-state index in [-0.39, 0.29) is 11.9 Å². The van der Waals surface area contributed by atoms with Crippen molar-refractivity contribution in [2.45, 2.75) is 19.9 Å². The third-order valence-corrected chi connectivity index (χ3v) is 6.15. The number of hydrogen-bond donors (Lipinski definition) is 0. The van der Waals surface area contributed by atoms with Crippen LogP contribution >= 0.6 is 11.3 Å². The molecule has 0 radical (unpaired) electrons. The zero-order valence-corrected chi connectivity index (χ0v) is 16.1. The number of piperazine rings is 1. The summed E-state index contributed by atoms with van der Waals surface area (Å²) < 4.78 is 14.1. The topological polar surface area (TPSA) is 56.0 Å². The number of benzene rings is 1. The molecule has 3 heterocycles. The summed E-state index contributed by atoms with van der Waals surface area (Å²) in [6.07, 6.45) is 3.44. The first kappa shape index (κ1) is 17.8. The third kappa shape index (κ3) is 3.27. The molecular formula is C20H20FN5S. The molecule has 2 aromatic heterocycles. The zero-order chi connectivity index (χ0) is 19.0. The first-order valence-electron chi connectivity index (χ1n) is 8.96. The van der Waals surface area contributed by atoms with Crippen molar-refractivity contribution in [2.24, 2.45) is 0 Å². The Morgan fingerprint density at radius 1 is 1.22 bits per heavy atom. The smallest absolute Gasteiger partial charge is 0.124 e. The van der Waals surface area contributed by atoms with Crippen molar-refractivity contribution in [2.75, 3.05) is 31.1 Å². The van der Waals surface area contributed by atoms with Gasteiger partial charge in [0.2, 0.25) is 0 Å². The van der Waals surface area contributed by atoms with Gasteiger partial charge in [-0.05, 0) is 31.5 Å². The Morgan fingerprint density at radius 2 is 2.00 bits per heavy atom. The number of aromatic nitrogens is 2. The molecule has 3 aromatic rings. The van der Waals surface area contributed by atoms with E-state index in [0.717, 1.165) is 48.0 Å². The SMILES string of the molecule is Cc1cc(F)cc2c(N3CCN(C(C)c4nccs4)CC3)c(C#N)cnc12. The summed E-state index contributed by atoms with van der Waals surface area (Å²) >= 11 is 1.67. The molecule has 0 bridgehead atoms. The molecule has 0 amide bonds. The lowest BCUT2D eigenvalue weighted by Gasteiger charge is -2.39. The van der Waals surface area contributed by atoms with Gasteiger partial charge in [-0.25, -0.2) is 9.37 Å². The molecule has 4 rings (SSSR count). The minimum Gasteiger partial charge on any atom is -0.367 e. The molecule has 1 unspecified atom stereocenters. The Bertz CT molecular complexity index is 1000. The number of hydrogen-bond acceptors (Lipinski definition) is 6. The largest absolute Gasteiger partial charge is 0.367 e. The second-order valence-electron chi connectivity index (χ2n) is 6.82. The highest BCUT2D eigenvalue weighted by atomic mass is 32.1. The van der Waals surface area contributed by atoms with Gasteiger partial charge in [0.1, 0.15) is 16.9 Å². The van der Waals surface area contributed by atoms with E-state index in [1.54, 1.807) is 17.5 Å². The van der Waals surface area contributed by atoms with Gasteiger partial charge in [0.15, 0.2) is 0 Å². The van der Waals surface area contributed by atoms with Crippen molar-refractivity contribution < 1.29 is 4.39 Å². The average molecular weight is 381 g/mol. The summed E-state index contributed by atoms with van der Waals surface area (Å²) in [5.41, 5.74) is 2.83. The van der Waals surface area contributed by atoms with Crippen LogP contribution in [0.15, 0.2) is 29.9 Å². The number of pyridine rings is 1. The van der Waals surface area contributed by atoms with Gasteiger partial charge in [-0.15, -0.1) is 11.3 Å². The lowest BCUT2D eigenvalue weighted by Crippen LogP contribution is -2.47. The van der Waals surface area contributed by atoms with Crippen LogP contribution in [0.2, 0.25) is 0 Å². The van der Waals surface area contributed by atoms with E-state index < -0.39 is 0 Å². The van der Waals surface area contributed by atoms with Gasteiger partial charge in [0.05, 0.1) is 22.8 Å². The molecule has 1 aliphatic heterocycles. The van der Waals surface area contributed by atoms with Crippen LogP contribution in [0.3, 0.4) is 0 Å². The highest BCUT2D eigenvalue weighted by molar-refractivity contribution is 7.09. The monoisotopic (exact) mass is 381 g/mol. The van der Waals surface area contributed by atoms with Crippen LogP contribution in [-0.2, 0) is 0 Å². The number of aryl methyl sites for hydroxylation is 1. The van der Waals surface area contributed by atoms with Gasteiger partial charge in [0, 0.05) is 49.3 Å². The van der Waals surface area contributed by atoms with Crippen molar-refractivity contribution in [1.82, 2.24) is 14.9 Å². The van der Waals surface area contributed by atoms with E-state index in [1.165, 1.54) is 12.1 Å². The zero-order valence-electron chi connectivity index (χ0n) is 15.3. The Hall–Kier alpha value is -2.56. The molecule has 0 spiro atoms. The van der Waals surface area contributed by atoms with Gasteiger partial charge < -0.3 is 4.90 Å². The fourth-order valence-electron chi connectivity index (χ4n) is 3.78. The number of rotatable bonds is 3. The molecule has 0 aliphatic carbocycles. The summed E-state index contributed by atoms with van der Waals surface area (Å²) in [4.78, 5) is 13.4. The first-order valence-corrected chi connectivity index (χ1v) is 9.84. The second kappa shape index (κ2) is 7.22. The molecule has 7 heteroatoms. The Morgan fingerprint density at radius 3 is 2.67 bits per heavy atom. The van der Waals surface area contributed by atoms with E-state index in [4.69, 9.17) is 0 Å². The highest BCUT2D eigenvalue weighted by Crippen LogP contribution is 2.33. The Balaban J connectivity index is 1.65. The van der Waals surface area contributed by atoms with Gasteiger partial charge >= 0.3 is 0 Å². The molecule has 138 valence electrons. The summed E-state index contributed by atoms with van der Waals surface area (Å²) in [6, 6.07) is 5.49. The molecule has 1 aromatic carbocycles. The van der Waals surface area contributed by atoms with Crippen molar-refractivity contribution in [3.8, 4) is 6.07 Å². The second-order valence-corrected chi connectivity index (χ2v) is 7.75. The van der Waals surface area contributed by atoms with E-state index >= 15 is 0 Å². The molecule has 1 saturated heterocycles. The normalized spacial score (nSPS) is 16.4. The molecule has 27 heavy (non-hydrogen) atoms. The number of anilines is 1. The van der Waals surface area contributed by atoms with Crippen LogP contribution in [-0.4, -0.2) is 41.0 Å². The molecule has 1 aliphatic rings. The molecule has 0 saturated carbocycles. The van der Waals surface area contributed by atoms with Crippen LogP contribution in [0.1, 0.15) is 29.1 Å².